The fourth-order valence-corrected chi connectivity index (χ4v) is 4.86. The fourth-order valence-electron chi connectivity index (χ4n) is 3.73. The molecule has 1 rings (SSSR count). The Morgan fingerprint density at radius 2 is 1.29 bits per heavy atom. The molecule has 1 aromatic carbocycles. The van der Waals surface area contributed by atoms with Gasteiger partial charge in [0.15, 0.2) is 0 Å². The molecule has 2 atom stereocenters. The van der Waals surface area contributed by atoms with Gasteiger partial charge in [-0.15, -0.1) is 0 Å². The maximum Gasteiger partial charge on any atom is 0.297 e. The molecule has 180 valence electrons. The Kier molecular flexibility index (Phi) is 15.1. The van der Waals surface area contributed by atoms with Crippen LogP contribution in [0.15, 0.2) is 29.2 Å². The monoisotopic (exact) mass is 456 g/mol. The van der Waals surface area contributed by atoms with Gasteiger partial charge in [-0.2, -0.15) is 8.42 Å². The van der Waals surface area contributed by atoms with Crippen LogP contribution in [0.2, 0.25) is 0 Å². The predicted octanol–water partition coefficient (Wildman–Crippen LogP) is 5.90. The Bertz CT molecular complexity index is 657. The molecule has 31 heavy (non-hydrogen) atoms. The van der Waals surface area contributed by atoms with Crippen molar-refractivity contribution >= 4 is 10.1 Å². The van der Waals surface area contributed by atoms with Gasteiger partial charge >= 0.3 is 0 Å². The number of hydrogen-bond acceptors (Lipinski definition) is 5. The highest BCUT2D eigenvalue weighted by Crippen LogP contribution is 2.21. The van der Waals surface area contributed by atoms with Gasteiger partial charge in [-0.3, -0.25) is 4.18 Å². The molecule has 0 amide bonds. The van der Waals surface area contributed by atoms with Crippen molar-refractivity contribution in [3.8, 4) is 0 Å². The summed E-state index contributed by atoms with van der Waals surface area (Å²) in [5.74, 6) is 0. The van der Waals surface area contributed by atoms with Gasteiger partial charge in [-0.05, 0) is 31.9 Å². The molecule has 0 radical (unpaired) electrons. The number of benzene rings is 1. The Hall–Kier alpha value is -0.950. The summed E-state index contributed by atoms with van der Waals surface area (Å²) < 4.78 is 30.6. The summed E-state index contributed by atoms with van der Waals surface area (Å²) in [7, 11) is -3.95. The van der Waals surface area contributed by atoms with Crippen LogP contribution in [0.4, 0.5) is 0 Å². The molecule has 0 aliphatic heterocycles. The van der Waals surface area contributed by atoms with Crippen molar-refractivity contribution in [2.45, 2.75) is 121 Å². The van der Waals surface area contributed by atoms with Crippen LogP contribution in [-0.4, -0.2) is 37.4 Å². The average molecular weight is 457 g/mol. The van der Waals surface area contributed by atoms with Gasteiger partial charge in [0.2, 0.25) is 0 Å². The van der Waals surface area contributed by atoms with E-state index in [0.29, 0.717) is 6.42 Å². The lowest BCUT2D eigenvalue weighted by Gasteiger charge is -2.22. The van der Waals surface area contributed by atoms with E-state index in [1.54, 1.807) is 12.1 Å². The van der Waals surface area contributed by atoms with Gasteiger partial charge in [0.1, 0.15) is 6.10 Å². The minimum absolute atomic E-state index is 0.0917. The molecule has 0 aliphatic carbocycles. The summed E-state index contributed by atoms with van der Waals surface area (Å²) in [4.78, 5) is 0.0917. The first-order chi connectivity index (χ1) is 14.9. The normalized spacial score (nSPS) is 13.9. The molecular formula is C25H44O5S. The third-order valence-electron chi connectivity index (χ3n) is 5.76. The molecule has 0 aromatic heterocycles. The minimum Gasteiger partial charge on any atom is -0.396 e. The molecule has 1 aromatic rings. The van der Waals surface area contributed by atoms with Crippen LogP contribution in [0.3, 0.4) is 0 Å². The fraction of sp³-hybridized carbons (Fsp3) is 0.760. The van der Waals surface area contributed by atoms with E-state index in [1.165, 1.54) is 69.9 Å². The van der Waals surface area contributed by atoms with Gasteiger partial charge in [-0.25, -0.2) is 0 Å². The number of unbranched alkanes of at least 4 members (excludes halogenated alkanes) is 11. The quantitative estimate of drug-likeness (QED) is 0.200. The zero-order valence-corrected chi connectivity index (χ0v) is 20.4. The molecule has 0 aliphatic rings. The van der Waals surface area contributed by atoms with E-state index < -0.39 is 22.3 Å². The minimum atomic E-state index is -3.95. The molecule has 0 spiro atoms. The molecule has 5 nitrogen and oxygen atoms in total. The smallest absolute Gasteiger partial charge is 0.297 e. The summed E-state index contributed by atoms with van der Waals surface area (Å²) >= 11 is 0. The van der Waals surface area contributed by atoms with E-state index >= 15 is 0 Å². The Balaban J connectivity index is 2.33. The Labute approximate surface area is 190 Å². The number of hydrogen-bond donors (Lipinski definition) is 2. The largest absolute Gasteiger partial charge is 0.396 e. The third kappa shape index (κ3) is 12.6. The maximum atomic E-state index is 12.6. The zero-order valence-electron chi connectivity index (χ0n) is 19.6. The van der Waals surface area contributed by atoms with Crippen molar-refractivity contribution in [1.82, 2.24) is 0 Å². The second kappa shape index (κ2) is 16.7. The molecule has 0 heterocycles. The van der Waals surface area contributed by atoms with Gasteiger partial charge in [-0.1, -0.05) is 102 Å². The van der Waals surface area contributed by atoms with E-state index in [9.17, 15) is 13.5 Å². The molecule has 0 saturated heterocycles. The second-order valence-electron chi connectivity index (χ2n) is 8.66. The molecule has 0 fully saturated rings. The summed E-state index contributed by atoms with van der Waals surface area (Å²) in [6.45, 7) is 3.92. The summed E-state index contributed by atoms with van der Waals surface area (Å²) in [5.41, 5.74) is 0.965. The maximum absolute atomic E-state index is 12.6. The van der Waals surface area contributed by atoms with Crippen molar-refractivity contribution < 1.29 is 22.8 Å². The van der Waals surface area contributed by atoms with E-state index in [0.717, 1.165) is 24.8 Å². The van der Waals surface area contributed by atoms with Crippen LogP contribution < -0.4 is 0 Å². The van der Waals surface area contributed by atoms with Crippen LogP contribution in [0.5, 0.6) is 0 Å². The van der Waals surface area contributed by atoms with E-state index in [-0.39, 0.29) is 17.9 Å². The first-order valence-corrected chi connectivity index (χ1v) is 13.6. The lowest BCUT2D eigenvalue weighted by molar-refractivity contribution is 0.0182. The first kappa shape index (κ1) is 28.1. The number of rotatable bonds is 19. The lowest BCUT2D eigenvalue weighted by atomic mass is 10.0. The highest BCUT2D eigenvalue weighted by molar-refractivity contribution is 7.86. The Morgan fingerprint density at radius 1 is 0.806 bits per heavy atom. The average Bonchev–Trinajstić information content (AvgIpc) is 2.74. The van der Waals surface area contributed by atoms with Crippen molar-refractivity contribution in [3.63, 3.8) is 0 Å². The topological polar surface area (TPSA) is 83.8 Å². The molecule has 2 N–H and O–H groups in total. The van der Waals surface area contributed by atoms with Crippen LogP contribution in [0, 0.1) is 6.92 Å². The molecule has 6 heteroatoms. The van der Waals surface area contributed by atoms with Crippen LogP contribution in [-0.2, 0) is 14.3 Å². The van der Waals surface area contributed by atoms with Gasteiger partial charge in [0, 0.05) is 6.61 Å². The summed E-state index contributed by atoms with van der Waals surface area (Å²) in [6, 6.07) is 6.48. The van der Waals surface area contributed by atoms with Crippen LogP contribution in [0.25, 0.3) is 0 Å². The molecule has 0 saturated carbocycles. The third-order valence-corrected chi connectivity index (χ3v) is 7.11. The second-order valence-corrected chi connectivity index (χ2v) is 10.2. The highest BCUT2D eigenvalue weighted by Gasteiger charge is 2.27. The SMILES string of the molecule is CCCCCCCCCCCCCCC(OS(=O)(=O)c1ccc(C)cc1)C(O)CCO. The standard InChI is InChI=1S/C25H44O5S/c1-3-4-5-6-7-8-9-10-11-12-13-14-15-25(24(27)20-21-26)30-31(28,29)23-18-16-22(2)17-19-23/h16-19,24-27H,3-15,20-21H2,1-2H3. The van der Waals surface area contributed by atoms with Crippen molar-refractivity contribution in [1.29, 1.82) is 0 Å². The van der Waals surface area contributed by atoms with Gasteiger partial charge in [0.05, 0.1) is 11.0 Å². The van der Waals surface area contributed by atoms with Crippen molar-refractivity contribution in [2.24, 2.45) is 0 Å². The van der Waals surface area contributed by atoms with Crippen molar-refractivity contribution in [2.75, 3.05) is 6.61 Å². The van der Waals surface area contributed by atoms with E-state index in [1.807, 2.05) is 6.92 Å². The number of aliphatic hydroxyl groups excluding tert-OH is 2. The first-order valence-electron chi connectivity index (χ1n) is 12.2. The molecule has 0 bridgehead atoms. The highest BCUT2D eigenvalue weighted by atomic mass is 32.2. The summed E-state index contributed by atoms with van der Waals surface area (Å²) in [5, 5.41) is 19.4. The van der Waals surface area contributed by atoms with E-state index in [2.05, 4.69) is 6.92 Å². The number of aliphatic hydroxyl groups is 2. The van der Waals surface area contributed by atoms with Crippen molar-refractivity contribution in [3.05, 3.63) is 29.8 Å². The van der Waals surface area contributed by atoms with Gasteiger partial charge < -0.3 is 10.2 Å². The van der Waals surface area contributed by atoms with Crippen LogP contribution >= 0.6 is 0 Å². The molecular weight excluding hydrogens is 412 g/mol. The van der Waals surface area contributed by atoms with Crippen LogP contribution in [0.1, 0.15) is 102 Å². The van der Waals surface area contributed by atoms with E-state index in [4.69, 9.17) is 9.29 Å². The lowest BCUT2D eigenvalue weighted by Crippen LogP contribution is -2.32. The number of aryl methyl sites for hydroxylation is 1. The zero-order chi connectivity index (χ0) is 23.0. The predicted molar refractivity (Wildman–Crippen MR) is 127 cm³/mol. The molecule has 2 unspecified atom stereocenters. The summed E-state index contributed by atoms with van der Waals surface area (Å²) in [6.07, 6.45) is 13.4. The Morgan fingerprint density at radius 3 is 1.77 bits per heavy atom. The van der Waals surface area contributed by atoms with Gasteiger partial charge in [0.25, 0.3) is 10.1 Å².